The third-order valence-electron chi connectivity index (χ3n) is 4.56. The number of hydrogen-bond acceptors (Lipinski definition) is 4. The average Bonchev–Trinajstić information content (AvgIpc) is 3.03. The number of aromatic nitrogens is 3. The predicted octanol–water partition coefficient (Wildman–Crippen LogP) is 4.13. The van der Waals surface area contributed by atoms with Gasteiger partial charge in [0.15, 0.2) is 0 Å². The quantitative estimate of drug-likeness (QED) is 0.673. The van der Waals surface area contributed by atoms with Gasteiger partial charge in [-0.25, -0.2) is 9.97 Å². The summed E-state index contributed by atoms with van der Waals surface area (Å²) in [5.74, 6) is -0.199. The molecule has 0 radical (unpaired) electrons. The summed E-state index contributed by atoms with van der Waals surface area (Å²) >= 11 is 6.36. The number of halogens is 1. The van der Waals surface area contributed by atoms with Crippen molar-refractivity contribution in [2.75, 3.05) is 0 Å². The number of nitrogens with one attached hydrogen (secondary N) is 1. The van der Waals surface area contributed by atoms with Crippen molar-refractivity contribution in [3.63, 3.8) is 0 Å². The molecule has 1 atom stereocenters. The average molecular weight is 396 g/mol. The smallest absolute Gasteiger partial charge is 0.240 e. The Morgan fingerprint density at radius 1 is 1.32 bits per heavy atom. The van der Waals surface area contributed by atoms with Gasteiger partial charge in [-0.3, -0.25) is 4.79 Å². The molecule has 1 unspecified atom stereocenters. The Hall–Kier alpha value is -2.91. The van der Waals surface area contributed by atoms with E-state index in [0.29, 0.717) is 21.7 Å². The van der Waals surface area contributed by atoms with E-state index in [-0.39, 0.29) is 23.9 Å². The summed E-state index contributed by atoms with van der Waals surface area (Å²) in [4.78, 5) is 21.3. The van der Waals surface area contributed by atoms with E-state index in [1.54, 1.807) is 23.0 Å². The number of pyridine rings is 1. The minimum Gasteiger partial charge on any atom is -0.348 e. The Morgan fingerprint density at radius 3 is 2.71 bits per heavy atom. The molecule has 0 spiro atoms. The number of carbonyl (C=O) groups is 1. The summed E-state index contributed by atoms with van der Waals surface area (Å²) in [5.41, 5.74) is 3.38. The van der Waals surface area contributed by atoms with Crippen LogP contribution < -0.4 is 5.32 Å². The van der Waals surface area contributed by atoms with E-state index in [4.69, 9.17) is 11.6 Å². The third-order valence-corrected chi connectivity index (χ3v) is 4.87. The second kappa shape index (κ2) is 7.61. The van der Waals surface area contributed by atoms with E-state index in [9.17, 15) is 10.1 Å². The van der Waals surface area contributed by atoms with Crippen molar-refractivity contribution in [3.05, 3.63) is 58.6 Å². The van der Waals surface area contributed by atoms with Gasteiger partial charge in [-0.05, 0) is 25.1 Å². The van der Waals surface area contributed by atoms with E-state index in [0.717, 1.165) is 11.3 Å². The first-order valence-corrected chi connectivity index (χ1v) is 9.38. The van der Waals surface area contributed by atoms with Gasteiger partial charge in [-0.15, -0.1) is 0 Å². The minimum absolute atomic E-state index is 0.0602. The summed E-state index contributed by atoms with van der Waals surface area (Å²) in [7, 11) is 0. The highest BCUT2D eigenvalue weighted by Gasteiger charge is 2.20. The molecular weight excluding hydrogens is 374 g/mol. The highest BCUT2D eigenvalue weighted by molar-refractivity contribution is 6.30. The van der Waals surface area contributed by atoms with Crippen LogP contribution in [-0.2, 0) is 16.8 Å². The van der Waals surface area contributed by atoms with Crippen LogP contribution in [0.3, 0.4) is 0 Å². The van der Waals surface area contributed by atoms with Crippen LogP contribution in [0.2, 0.25) is 5.15 Å². The van der Waals surface area contributed by atoms with Crippen LogP contribution in [0.25, 0.3) is 11.0 Å². The fourth-order valence-corrected chi connectivity index (χ4v) is 3.36. The van der Waals surface area contributed by atoms with E-state index in [1.165, 1.54) is 0 Å². The van der Waals surface area contributed by atoms with Crippen LogP contribution in [0.4, 0.5) is 0 Å². The van der Waals surface area contributed by atoms with Gasteiger partial charge in [0.05, 0.1) is 29.0 Å². The predicted molar refractivity (Wildman–Crippen MR) is 109 cm³/mol. The highest BCUT2D eigenvalue weighted by atomic mass is 35.5. The molecule has 0 aliphatic carbocycles. The van der Waals surface area contributed by atoms with Crippen molar-refractivity contribution in [2.24, 2.45) is 0 Å². The molecule has 28 heavy (non-hydrogen) atoms. The zero-order chi connectivity index (χ0) is 20.5. The Kier molecular flexibility index (Phi) is 5.39. The minimum atomic E-state index is -0.299. The van der Waals surface area contributed by atoms with Crippen LogP contribution >= 0.6 is 11.6 Å². The highest BCUT2D eigenvalue weighted by Crippen LogP contribution is 2.27. The maximum absolute atomic E-state index is 12.6. The molecule has 2 aromatic heterocycles. The number of fused-ring (bicyclic) bond motifs is 1. The summed E-state index contributed by atoms with van der Waals surface area (Å²) in [6, 6.07) is 11.0. The largest absolute Gasteiger partial charge is 0.348 e. The standard InChI is InChI=1S/C21H22ClN5O/c1-13(15-8-9-17(21(2,3)4)26-20(15)22)25-18(28)11-27-12-24-16-7-5-6-14(10-23)19(16)27/h5-9,12-13H,11H2,1-4H3,(H,25,28). The van der Waals surface area contributed by atoms with Gasteiger partial charge < -0.3 is 9.88 Å². The van der Waals surface area contributed by atoms with Crippen molar-refractivity contribution in [2.45, 2.75) is 45.7 Å². The number of para-hydroxylation sites is 1. The van der Waals surface area contributed by atoms with E-state index >= 15 is 0 Å². The number of imidazole rings is 1. The van der Waals surface area contributed by atoms with E-state index in [2.05, 4.69) is 42.1 Å². The van der Waals surface area contributed by atoms with E-state index in [1.807, 2.05) is 25.1 Å². The molecule has 144 valence electrons. The maximum atomic E-state index is 12.6. The lowest BCUT2D eigenvalue weighted by molar-refractivity contribution is -0.122. The molecule has 0 aliphatic rings. The Morgan fingerprint density at radius 2 is 2.07 bits per heavy atom. The lowest BCUT2D eigenvalue weighted by atomic mass is 9.91. The molecule has 0 saturated carbocycles. The van der Waals surface area contributed by atoms with Gasteiger partial charge in [0.25, 0.3) is 0 Å². The number of rotatable bonds is 4. The fourth-order valence-electron chi connectivity index (χ4n) is 3.04. The summed E-state index contributed by atoms with van der Waals surface area (Å²) in [5, 5.41) is 12.6. The van der Waals surface area contributed by atoms with Crippen molar-refractivity contribution in [1.82, 2.24) is 19.9 Å². The number of nitrogens with zero attached hydrogens (tertiary/aromatic N) is 4. The van der Waals surface area contributed by atoms with Crippen molar-refractivity contribution < 1.29 is 4.79 Å². The van der Waals surface area contributed by atoms with Gasteiger partial charge in [-0.2, -0.15) is 5.26 Å². The molecule has 2 heterocycles. The van der Waals surface area contributed by atoms with Gasteiger partial charge in [-0.1, -0.05) is 44.5 Å². The third kappa shape index (κ3) is 4.00. The number of carbonyl (C=O) groups excluding carboxylic acids is 1. The lowest BCUT2D eigenvalue weighted by Crippen LogP contribution is -2.30. The zero-order valence-corrected chi connectivity index (χ0v) is 17.1. The molecule has 3 rings (SSSR count). The fraction of sp³-hybridized carbons (Fsp3) is 0.333. The number of hydrogen-bond donors (Lipinski definition) is 1. The molecule has 7 heteroatoms. The molecular formula is C21H22ClN5O. The van der Waals surface area contributed by atoms with Gasteiger partial charge >= 0.3 is 0 Å². The molecule has 1 aromatic carbocycles. The molecule has 1 N–H and O–H groups in total. The topological polar surface area (TPSA) is 83.6 Å². The molecule has 0 fully saturated rings. The second-order valence-corrected chi connectivity index (χ2v) is 8.13. The van der Waals surface area contributed by atoms with Crippen LogP contribution in [0, 0.1) is 11.3 Å². The Balaban J connectivity index is 1.76. The lowest BCUT2D eigenvalue weighted by Gasteiger charge is -2.21. The Bertz CT molecular complexity index is 1070. The number of benzene rings is 1. The molecule has 6 nitrogen and oxygen atoms in total. The van der Waals surface area contributed by atoms with Gasteiger partial charge in [0.2, 0.25) is 5.91 Å². The van der Waals surface area contributed by atoms with Crippen LogP contribution in [0.1, 0.15) is 50.6 Å². The van der Waals surface area contributed by atoms with Crippen molar-refractivity contribution in [1.29, 1.82) is 5.26 Å². The zero-order valence-electron chi connectivity index (χ0n) is 16.3. The molecule has 1 amide bonds. The Labute approximate surface area is 169 Å². The first kappa shape index (κ1) is 19.8. The number of nitriles is 1. The molecule has 0 aliphatic heterocycles. The van der Waals surface area contributed by atoms with E-state index < -0.39 is 0 Å². The number of amides is 1. The monoisotopic (exact) mass is 395 g/mol. The maximum Gasteiger partial charge on any atom is 0.240 e. The van der Waals surface area contributed by atoms with Crippen molar-refractivity contribution >= 4 is 28.5 Å². The van der Waals surface area contributed by atoms with Gasteiger partial charge in [0.1, 0.15) is 17.8 Å². The summed E-state index contributed by atoms with van der Waals surface area (Å²) in [6.45, 7) is 8.14. The van der Waals surface area contributed by atoms with Crippen molar-refractivity contribution in [3.8, 4) is 6.07 Å². The summed E-state index contributed by atoms with van der Waals surface area (Å²) < 4.78 is 1.68. The SMILES string of the molecule is CC(NC(=O)Cn1cnc2cccc(C#N)c21)c1ccc(C(C)(C)C)nc1Cl. The second-order valence-electron chi connectivity index (χ2n) is 7.77. The first-order valence-electron chi connectivity index (χ1n) is 9.01. The van der Waals surface area contributed by atoms with Crippen LogP contribution in [-0.4, -0.2) is 20.4 Å². The normalized spacial score (nSPS) is 12.6. The van der Waals surface area contributed by atoms with Crippen LogP contribution in [0.5, 0.6) is 0 Å². The molecule has 0 saturated heterocycles. The van der Waals surface area contributed by atoms with Crippen LogP contribution in [0.15, 0.2) is 36.7 Å². The molecule has 0 bridgehead atoms. The van der Waals surface area contributed by atoms with Gasteiger partial charge in [0, 0.05) is 16.7 Å². The molecule has 3 aromatic rings. The summed E-state index contributed by atoms with van der Waals surface area (Å²) in [6.07, 6.45) is 1.57. The first-order chi connectivity index (χ1) is 13.2.